The van der Waals surface area contributed by atoms with Gasteiger partial charge in [0.25, 0.3) is 5.91 Å². The molecule has 7 heteroatoms. The lowest BCUT2D eigenvalue weighted by Gasteiger charge is -2.41. The molecule has 5 rings (SSSR count). The van der Waals surface area contributed by atoms with Crippen molar-refractivity contribution in [3.63, 3.8) is 0 Å². The van der Waals surface area contributed by atoms with Crippen molar-refractivity contribution in [1.29, 1.82) is 0 Å². The predicted octanol–water partition coefficient (Wildman–Crippen LogP) is 6.73. The summed E-state index contributed by atoms with van der Waals surface area (Å²) >= 11 is 5.23. The van der Waals surface area contributed by atoms with E-state index in [2.05, 4.69) is 76.2 Å². The van der Waals surface area contributed by atoms with Gasteiger partial charge in [-0.3, -0.25) is 9.59 Å². The van der Waals surface area contributed by atoms with Gasteiger partial charge in [-0.1, -0.05) is 49.7 Å². The molecule has 1 saturated carbocycles. The molecule has 1 fully saturated rings. The maximum Gasteiger partial charge on any atom is 0.251 e. The number of amides is 2. The van der Waals surface area contributed by atoms with Crippen LogP contribution in [0.3, 0.4) is 0 Å². The summed E-state index contributed by atoms with van der Waals surface area (Å²) in [5.74, 6) is -0.105. The van der Waals surface area contributed by atoms with Gasteiger partial charge in [-0.25, -0.2) is 0 Å². The third-order valence-electron chi connectivity index (χ3n) is 7.36. The average Bonchev–Trinajstić information content (AvgIpc) is 3.65. The molecule has 4 atom stereocenters. The molecule has 2 unspecified atom stereocenters. The van der Waals surface area contributed by atoms with Crippen molar-refractivity contribution in [2.24, 2.45) is 5.92 Å². The van der Waals surface area contributed by atoms with Crippen molar-refractivity contribution >= 4 is 41.5 Å². The summed E-state index contributed by atoms with van der Waals surface area (Å²) in [6.07, 6.45) is 6.05. The van der Waals surface area contributed by atoms with E-state index in [0.717, 1.165) is 37.8 Å². The van der Waals surface area contributed by atoms with Gasteiger partial charge in [0.2, 0.25) is 5.91 Å². The van der Waals surface area contributed by atoms with E-state index < -0.39 is 0 Å². The van der Waals surface area contributed by atoms with Gasteiger partial charge in [0, 0.05) is 23.8 Å². The van der Waals surface area contributed by atoms with Crippen LogP contribution in [0, 0.1) is 5.92 Å². The number of para-hydroxylation sites is 1. The van der Waals surface area contributed by atoms with Gasteiger partial charge in [-0.2, -0.15) is 24.0 Å². The van der Waals surface area contributed by atoms with E-state index >= 15 is 0 Å². The van der Waals surface area contributed by atoms with E-state index in [1.165, 1.54) is 11.1 Å². The zero-order chi connectivity index (χ0) is 26.2. The summed E-state index contributed by atoms with van der Waals surface area (Å²) in [6, 6.07) is 19.9. The van der Waals surface area contributed by atoms with Crippen LogP contribution in [0.25, 0.3) is 0 Å². The number of hydrogen-bond acceptors (Lipinski definition) is 5. The molecule has 0 bridgehead atoms. The van der Waals surface area contributed by atoms with E-state index in [1.54, 1.807) is 17.6 Å². The minimum atomic E-state index is -0.184. The fourth-order valence-corrected chi connectivity index (χ4v) is 6.36. The molecule has 2 heterocycles. The molecule has 0 radical (unpaired) electrons. The highest BCUT2D eigenvalue weighted by Crippen LogP contribution is 2.43. The van der Waals surface area contributed by atoms with Gasteiger partial charge in [0.15, 0.2) is 0 Å². The van der Waals surface area contributed by atoms with Crippen LogP contribution in [0.4, 0.5) is 5.69 Å². The number of thiol groups is 1. The highest BCUT2D eigenvalue weighted by atomic mass is 32.1. The standard InChI is InChI=1S/C29H33N3O2S.CH4S/c1-2-16-32(27-18-26(21-15-17-35-19-21)30-24-13-7-6-11-22(24)27)29(34)23-12-8-14-25(23)31-28(33)20-9-4-3-5-10-20;1-2/h3-7,9-11,13,15,17,19,23,25-27,30H,2,8,12,14,16,18H2,1H3,(H,31,33);2H,1H3/t23-,25+,26?,27?;/m0./s1. The Morgan fingerprint density at radius 1 is 1.05 bits per heavy atom. The fraction of sp³-hybridized carbons (Fsp3) is 0.400. The molecule has 2 aromatic carbocycles. The largest absolute Gasteiger partial charge is 0.378 e. The molecule has 0 saturated heterocycles. The monoisotopic (exact) mass is 535 g/mol. The van der Waals surface area contributed by atoms with Crippen LogP contribution in [-0.2, 0) is 4.79 Å². The number of benzene rings is 2. The Kier molecular flexibility index (Phi) is 9.69. The molecule has 5 nitrogen and oxygen atoms in total. The molecule has 1 aliphatic heterocycles. The van der Waals surface area contributed by atoms with Crippen molar-refractivity contribution in [3.05, 3.63) is 88.1 Å². The highest BCUT2D eigenvalue weighted by molar-refractivity contribution is 7.79. The molecule has 37 heavy (non-hydrogen) atoms. The number of nitrogens with one attached hydrogen (secondary N) is 2. The second-order valence-electron chi connectivity index (χ2n) is 9.61. The van der Waals surface area contributed by atoms with E-state index in [-0.39, 0.29) is 35.9 Å². The molecule has 196 valence electrons. The molecule has 1 aliphatic carbocycles. The molecule has 2 N–H and O–H groups in total. The average molecular weight is 536 g/mol. The number of anilines is 1. The first-order valence-electron chi connectivity index (χ1n) is 13.1. The number of thiophene rings is 1. The first-order valence-corrected chi connectivity index (χ1v) is 15.0. The SMILES string of the molecule is CCCN(C(=O)[C@H]1CCC[C@H]1NC(=O)c1ccccc1)C1CC(c2ccsc2)Nc2ccccc21.CS. The number of hydrogen-bond donors (Lipinski definition) is 3. The number of nitrogens with zero attached hydrogens (tertiary/aromatic N) is 1. The molecule has 2 amide bonds. The van der Waals surface area contributed by atoms with Crippen LogP contribution in [0.5, 0.6) is 0 Å². The van der Waals surface area contributed by atoms with Crippen LogP contribution in [-0.4, -0.2) is 35.6 Å². The van der Waals surface area contributed by atoms with Crippen LogP contribution in [0.1, 0.15) is 72.6 Å². The van der Waals surface area contributed by atoms with Crippen molar-refractivity contribution < 1.29 is 9.59 Å². The Morgan fingerprint density at radius 3 is 2.54 bits per heavy atom. The number of carbonyl (C=O) groups excluding carboxylic acids is 2. The molecule has 3 aromatic rings. The quantitative estimate of drug-likeness (QED) is 0.294. The Balaban J connectivity index is 0.00000156. The second kappa shape index (κ2) is 13.2. The topological polar surface area (TPSA) is 61.4 Å². The van der Waals surface area contributed by atoms with Crippen molar-refractivity contribution in [1.82, 2.24) is 10.2 Å². The van der Waals surface area contributed by atoms with Gasteiger partial charge in [0.1, 0.15) is 0 Å². The summed E-state index contributed by atoms with van der Waals surface area (Å²) in [5.41, 5.74) is 4.20. The van der Waals surface area contributed by atoms with Gasteiger partial charge < -0.3 is 15.5 Å². The first kappa shape index (κ1) is 27.3. The predicted molar refractivity (Wildman–Crippen MR) is 156 cm³/mol. The van der Waals surface area contributed by atoms with Crippen LogP contribution >= 0.6 is 24.0 Å². The van der Waals surface area contributed by atoms with Gasteiger partial charge in [-0.15, -0.1) is 0 Å². The zero-order valence-electron chi connectivity index (χ0n) is 21.6. The van der Waals surface area contributed by atoms with Crippen LogP contribution < -0.4 is 10.6 Å². The van der Waals surface area contributed by atoms with E-state index in [1.807, 2.05) is 30.3 Å². The van der Waals surface area contributed by atoms with E-state index in [4.69, 9.17) is 0 Å². The number of carbonyl (C=O) groups is 2. The summed E-state index contributed by atoms with van der Waals surface area (Å²) in [5, 5.41) is 11.2. The second-order valence-corrected chi connectivity index (χ2v) is 10.4. The Labute approximate surface area is 230 Å². The zero-order valence-corrected chi connectivity index (χ0v) is 23.3. The van der Waals surface area contributed by atoms with Gasteiger partial charge in [-0.05, 0) is 78.1 Å². The first-order chi connectivity index (χ1) is 18.2. The van der Waals surface area contributed by atoms with E-state index in [9.17, 15) is 9.59 Å². The lowest BCUT2D eigenvalue weighted by atomic mass is 9.88. The lowest BCUT2D eigenvalue weighted by Crippen LogP contribution is -2.48. The highest BCUT2D eigenvalue weighted by Gasteiger charge is 2.40. The molecule has 0 spiro atoms. The summed E-state index contributed by atoms with van der Waals surface area (Å²) in [6.45, 7) is 2.84. The fourth-order valence-electron chi connectivity index (χ4n) is 5.65. The Hall–Kier alpha value is -2.77. The maximum absolute atomic E-state index is 14.1. The molecular weight excluding hydrogens is 498 g/mol. The lowest BCUT2D eigenvalue weighted by molar-refractivity contribution is -0.138. The van der Waals surface area contributed by atoms with Crippen LogP contribution in [0.15, 0.2) is 71.4 Å². The van der Waals surface area contributed by atoms with Gasteiger partial charge >= 0.3 is 0 Å². The van der Waals surface area contributed by atoms with E-state index in [0.29, 0.717) is 12.1 Å². The van der Waals surface area contributed by atoms with Crippen LogP contribution in [0.2, 0.25) is 0 Å². The molecule has 1 aromatic heterocycles. The third kappa shape index (κ3) is 6.21. The number of rotatable bonds is 7. The Bertz CT molecular complexity index is 1150. The Morgan fingerprint density at radius 2 is 1.81 bits per heavy atom. The molecule has 2 aliphatic rings. The minimum absolute atomic E-state index is 0.0101. The van der Waals surface area contributed by atoms with Crippen molar-refractivity contribution in [3.8, 4) is 0 Å². The number of fused-ring (bicyclic) bond motifs is 1. The third-order valence-corrected chi connectivity index (χ3v) is 8.06. The summed E-state index contributed by atoms with van der Waals surface area (Å²) in [4.78, 5) is 29.1. The normalized spacial score (nSPS) is 22.1. The van der Waals surface area contributed by atoms with Crippen molar-refractivity contribution in [2.45, 2.75) is 57.2 Å². The summed E-state index contributed by atoms with van der Waals surface area (Å²) in [7, 11) is 0. The molecular formula is C30H37N3O2S2. The van der Waals surface area contributed by atoms with Crippen molar-refractivity contribution in [2.75, 3.05) is 18.1 Å². The smallest absolute Gasteiger partial charge is 0.251 e. The summed E-state index contributed by atoms with van der Waals surface area (Å²) < 4.78 is 0. The van der Waals surface area contributed by atoms with Gasteiger partial charge in [0.05, 0.1) is 18.0 Å². The minimum Gasteiger partial charge on any atom is -0.378 e. The maximum atomic E-state index is 14.1.